The normalized spacial score (nSPS) is 12.0. The van der Waals surface area contributed by atoms with Crippen LogP contribution in [-0.2, 0) is 0 Å². The summed E-state index contributed by atoms with van der Waals surface area (Å²) in [7, 11) is 0. The van der Waals surface area contributed by atoms with Gasteiger partial charge in [-0.25, -0.2) is 9.97 Å². The Hall–Kier alpha value is -2.27. The summed E-state index contributed by atoms with van der Waals surface area (Å²) in [5.74, 6) is 0.411. The van der Waals surface area contributed by atoms with E-state index in [4.69, 9.17) is 0 Å². The minimum absolute atomic E-state index is 0.00320. The zero-order valence-corrected chi connectivity index (χ0v) is 12.2. The van der Waals surface area contributed by atoms with Crippen molar-refractivity contribution in [3.8, 4) is 0 Å². The molecule has 0 saturated carbocycles. The van der Waals surface area contributed by atoms with Crippen molar-refractivity contribution < 1.29 is 9.90 Å². The summed E-state index contributed by atoms with van der Waals surface area (Å²) < 4.78 is 0. The first-order valence-corrected chi connectivity index (χ1v) is 6.88. The molecule has 0 aliphatic carbocycles. The number of amides is 1. The lowest BCUT2D eigenvalue weighted by Gasteiger charge is -2.18. The Morgan fingerprint density at radius 3 is 2.62 bits per heavy atom. The average Bonchev–Trinajstić information content (AvgIpc) is 2.47. The molecule has 5 heteroatoms. The second-order valence-electron chi connectivity index (χ2n) is 4.87. The molecule has 0 aliphatic rings. The van der Waals surface area contributed by atoms with Crippen LogP contribution in [0.3, 0.4) is 0 Å². The van der Waals surface area contributed by atoms with Gasteiger partial charge in [-0.3, -0.25) is 4.79 Å². The molecule has 0 bridgehead atoms. The number of nitrogens with zero attached hydrogens (tertiary/aromatic N) is 2. The molecule has 0 spiro atoms. The molecule has 110 valence electrons. The fourth-order valence-electron chi connectivity index (χ4n) is 2.18. The van der Waals surface area contributed by atoms with Gasteiger partial charge in [0.25, 0.3) is 5.91 Å². The zero-order chi connectivity index (χ0) is 15.2. The second-order valence-corrected chi connectivity index (χ2v) is 4.87. The molecule has 1 aromatic carbocycles. The van der Waals surface area contributed by atoms with Gasteiger partial charge in [-0.1, -0.05) is 30.3 Å². The predicted octanol–water partition coefficient (Wildman–Crippen LogP) is 1.95. The Labute approximate surface area is 124 Å². The summed E-state index contributed by atoms with van der Waals surface area (Å²) in [6.07, 6.45) is 2.00. The summed E-state index contributed by atoms with van der Waals surface area (Å²) in [6, 6.07) is 9.36. The smallest absolute Gasteiger partial charge is 0.255 e. The van der Waals surface area contributed by atoms with Crippen LogP contribution < -0.4 is 5.32 Å². The third kappa shape index (κ3) is 3.86. The molecular weight excluding hydrogens is 266 g/mol. The van der Waals surface area contributed by atoms with Crippen molar-refractivity contribution in [1.29, 1.82) is 0 Å². The summed E-state index contributed by atoms with van der Waals surface area (Å²) in [5.41, 5.74) is 2.07. The average molecular weight is 285 g/mol. The fourth-order valence-corrected chi connectivity index (χ4v) is 2.18. The van der Waals surface area contributed by atoms with E-state index in [1.807, 2.05) is 30.3 Å². The number of aliphatic hydroxyl groups excluding tert-OH is 1. The lowest BCUT2D eigenvalue weighted by molar-refractivity contribution is 0.0928. The highest BCUT2D eigenvalue weighted by Crippen LogP contribution is 2.17. The van der Waals surface area contributed by atoms with Crippen LogP contribution >= 0.6 is 0 Å². The number of nitrogens with one attached hydrogen (secondary N) is 1. The topological polar surface area (TPSA) is 75.1 Å². The van der Waals surface area contributed by atoms with Crippen molar-refractivity contribution in [3.05, 3.63) is 59.2 Å². The number of rotatable bonds is 5. The van der Waals surface area contributed by atoms with E-state index in [2.05, 4.69) is 15.3 Å². The van der Waals surface area contributed by atoms with Gasteiger partial charge in [-0.2, -0.15) is 0 Å². The molecule has 1 unspecified atom stereocenters. The van der Waals surface area contributed by atoms with Gasteiger partial charge in [-0.15, -0.1) is 0 Å². The van der Waals surface area contributed by atoms with E-state index in [1.165, 1.54) is 6.20 Å². The SMILES string of the molecule is Cc1ncc(C(=O)NC(CCO)c2ccccc2)c(C)n1. The number of hydrogen-bond donors (Lipinski definition) is 2. The first kappa shape index (κ1) is 15.1. The molecule has 0 fully saturated rings. The largest absolute Gasteiger partial charge is 0.396 e. The zero-order valence-electron chi connectivity index (χ0n) is 12.2. The Morgan fingerprint density at radius 1 is 1.29 bits per heavy atom. The summed E-state index contributed by atoms with van der Waals surface area (Å²) in [4.78, 5) is 20.6. The first-order chi connectivity index (χ1) is 10.1. The Morgan fingerprint density at radius 2 is 2.00 bits per heavy atom. The van der Waals surface area contributed by atoms with Crippen molar-refractivity contribution in [2.24, 2.45) is 0 Å². The van der Waals surface area contributed by atoms with Gasteiger partial charge in [0.15, 0.2) is 0 Å². The quantitative estimate of drug-likeness (QED) is 0.880. The van der Waals surface area contributed by atoms with Crippen LogP contribution in [0.5, 0.6) is 0 Å². The monoisotopic (exact) mass is 285 g/mol. The number of hydrogen-bond acceptors (Lipinski definition) is 4. The number of benzene rings is 1. The highest BCUT2D eigenvalue weighted by Gasteiger charge is 2.17. The molecule has 0 saturated heterocycles. The Balaban J connectivity index is 2.18. The van der Waals surface area contributed by atoms with Crippen molar-refractivity contribution >= 4 is 5.91 Å². The molecule has 5 nitrogen and oxygen atoms in total. The minimum atomic E-state index is -0.232. The highest BCUT2D eigenvalue weighted by atomic mass is 16.3. The van der Waals surface area contributed by atoms with E-state index >= 15 is 0 Å². The number of aliphatic hydroxyl groups is 1. The van der Waals surface area contributed by atoms with Gasteiger partial charge in [0.1, 0.15) is 5.82 Å². The van der Waals surface area contributed by atoms with E-state index in [-0.39, 0.29) is 18.6 Å². The molecule has 1 amide bonds. The fraction of sp³-hybridized carbons (Fsp3) is 0.312. The molecule has 2 rings (SSSR count). The number of carbonyl (C=O) groups is 1. The predicted molar refractivity (Wildman–Crippen MR) is 79.9 cm³/mol. The van der Waals surface area contributed by atoms with Gasteiger partial charge in [0.05, 0.1) is 17.3 Å². The molecule has 1 atom stereocenters. The molecule has 2 aromatic rings. The van der Waals surface area contributed by atoms with Gasteiger partial charge >= 0.3 is 0 Å². The van der Waals surface area contributed by atoms with Crippen LogP contribution in [0.2, 0.25) is 0 Å². The number of carbonyl (C=O) groups excluding carboxylic acids is 1. The van der Waals surface area contributed by atoms with E-state index in [0.717, 1.165) is 5.56 Å². The molecule has 0 aliphatic heterocycles. The first-order valence-electron chi connectivity index (χ1n) is 6.88. The van der Waals surface area contributed by atoms with Crippen molar-refractivity contribution in [2.75, 3.05) is 6.61 Å². The van der Waals surface area contributed by atoms with E-state index in [1.54, 1.807) is 13.8 Å². The van der Waals surface area contributed by atoms with Crippen LogP contribution in [0.4, 0.5) is 0 Å². The van der Waals surface area contributed by atoms with Gasteiger partial charge in [-0.05, 0) is 25.8 Å². The maximum Gasteiger partial charge on any atom is 0.255 e. The summed E-state index contributed by atoms with van der Waals surface area (Å²) in [6.45, 7) is 3.57. The van der Waals surface area contributed by atoms with Crippen LogP contribution in [0, 0.1) is 13.8 Å². The molecule has 1 heterocycles. The van der Waals surface area contributed by atoms with E-state index < -0.39 is 0 Å². The van der Waals surface area contributed by atoms with E-state index in [0.29, 0.717) is 23.5 Å². The summed E-state index contributed by atoms with van der Waals surface area (Å²) in [5, 5.41) is 12.1. The van der Waals surface area contributed by atoms with Crippen LogP contribution in [0.25, 0.3) is 0 Å². The van der Waals surface area contributed by atoms with Crippen LogP contribution in [0.1, 0.15) is 39.9 Å². The molecule has 2 N–H and O–H groups in total. The van der Waals surface area contributed by atoms with Crippen LogP contribution in [-0.4, -0.2) is 27.6 Å². The van der Waals surface area contributed by atoms with Gasteiger partial charge in [0, 0.05) is 12.8 Å². The number of aryl methyl sites for hydroxylation is 2. The van der Waals surface area contributed by atoms with Crippen molar-refractivity contribution in [2.45, 2.75) is 26.3 Å². The second kappa shape index (κ2) is 6.95. The van der Waals surface area contributed by atoms with Crippen LogP contribution in [0.15, 0.2) is 36.5 Å². The number of aromatic nitrogens is 2. The maximum absolute atomic E-state index is 12.4. The van der Waals surface area contributed by atoms with Crippen molar-refractivity contribution in [3.63, 3.8) is 0 Å². The maximum atomic E-state index is 12.4. The molecular formula is C16H19N3O2. The Kier molecular flexibility index (Phi) is 5.00. The molecule has 21 heavy (non-hydrogen) atoms. The Bertz CT molecular complexity index is 614. The summed E-state index contributed by atoms with van der Waals surface area (Å²) >= 11 is 0. The lowest BCUT2D eigenvalue weighted by Crippen LogP contribution is -2.30. The third-order valence-corrected chi connectivity index (χ3v) is 3.27. The van der Waals surface area contributed by atoms with Crippen molar-refractivity contribution in [1.82, 2.24) is 15.3 Å². The van der Waals surface area contributed by atoms with Gasteiger partial charge in [0.2, 0.25) is 0 Å². The van der Waals surface area contributed by atoms with Gasteiger partial charge < -0.3 is 10.4 Å². The molecule has 0 radical (unpaired) electrons. The highest BCUT2D eigenvalue weighted by molar-refractivity contribution is 5.95. The third-order valence-electron chi connectivity index (χ3n) is 3.27. The molecule has 1 aromatic heterocycles. The van der Waals surface area contributed by atoms with E-state index in [9.17, 15) is 9.90 Å². The minimum Gasteiger partial charge on any atom is -0.396 e. The standard InChI is InChI=1S/C16H19N3O2/c1-11-14(10-17-12(2)18-11)16(21)19-15(8-9-20)13-6-4-3-5-7-13/h3-7,10,15,20H,8-9H2,1-2H3,(H,19,21). The lowest BCUT2D eigenvalue weighted by atomic mass is 10.0.